The SMILES string of the molecule is O=C(O)CCc1cnc(Cc2ccccc2Cl)o1. The largest absolute Gasteiger partial charge is 0.481 e. The Hall–Kier alpha value is -1.81. The first-order valence-electron chi connectivity index (χ1n) is 5.54. The fourth-order valence-electron chi connectivity index (χ4n) is 1.58. The number of hydrogen-bond donors (Lipinski definition) is 1. The van der Waals surface area contributed by atoms with Gasteiger partial charge in [0.1, 0.15) is 5.76 Å². The van der Waals surface area contributed by atoms with Crippen molar-refractivity contribution in [1.29, 1.82) is 0 Å². The van der Waals surface area contributed by atoms with E-state index in [-0.39, 0.29) is 6.42 Å². The smallest absolute Gasteiger partial charge is 0.303 e. The van der Waals surface area contributed by atoms with Gasteiger partial charge in [0.2, 0.25) is 0 Å². The van der Waals surface area contributed by atoms with E-state index in [0.717, 1.165) is 5.56 Å². The first kappa shape index (κ1) is 12.6. The topological polar surface area (TPSA) is 63.3 Å². The molecule has 1 heterocycles. The highest BCUT2D eigenvalue weighted by molar-refractivity contribution is 6.31. The predicted octanol–water partition coefficient (Wildman–Crippen LogP) is 2.94. The lowest BCUT2D eigenvalue weighted by atomic mass is 10.1. The Kier molecular flexibility index (Phi) is 3.99. The Balaban J connectivity index is 2.02. The maximum atomic E-state index is 10.4. The van der Waals surface area contributed by atoms with Crippen LogP contribution in [-0.4, -0.2) is 16.1 Å². The van der Waals surface area contributed by atoms with Crippen LogP contribution in [-0.2, 0) is 17.6 Å². The molecule has 0 saturated carbocycles. The number of benzene rings is 1. The number of halogens is 1. The second-order valence-electron chi connectivity index (χ2n) is 3.88. The van der Waals surface area contributed by atoms with Crippen molar-refractivity contribution in [1.82, 2.24) is 4.98 Å². The quantitative estimate of drug-likeness (QED) is 0.903. The molecule has 18 heavy (non-hydrogen) atoms. The molecule has 94 valence electrons. The van der Waals surface area contributed by atoms with Crippen molar-refractivity contribution in [3.05, 3.63) is 52.7 Å². The van der Waals surface area contributed by atoms with Crippen LogP contribution in [0.4, 0.5) is 0 Å². The summed E-state index contributed by atoms with van der Waals surface area (Å²) in [6.45, 7) is 0. The number of carboxylic acids is 1. The van der Waals surface area contributed by atoms with Crippen molar-refractivity contribution in [3.8, 4) is 0 Å². The summed E-state index contributed by atoms with van der Waals surface area (Å²) in [4.78, 5) is 14.5. The van der Waals surface area contributed by atoms with Crippen molar-refractivity contribution in [2.24, 2.45) is 0 Å². The van der Waals surface area contributed by atoms with E-state index in [1.165, 1.54) is 0 Å². The number of rotatable bonds is 5. The van der Waals surface area contributed by atoms with Gasteiger partial charge < -0.3 is 9.52 Å². The number of hydrogen-bond acceptors (Lipinski definition) is 3. The Labute approximate surface area is 109 Å². The van der Waals surface area contributed by atoms with Gasteiger partial charge in [-0.15, -0.1) is 0 Å². The zero-order valence-corrected chi connectivity index (χ0v) is 10.4. The van der Waals surface area contributed by atoms with Crippen molar-refractivity contribution in [3.63, 3.8) is 0 Å². The van der Waals surface area contributed by atoms with Gasteiger partial charge >= 0.3 is 5.97 Å². The third-order valence-electron chi connectivity index (χ3n) is 2.49. The Morgan fingerprint density at radius 2 is 2.17 bits per heavy atom. The van der Waals surface area contributed by atoms with E-state index in [0.29, 0.717) is 29.5 Å². The number of aliphatic carboxylic acids is 1. The first-order chi connectivity index (χ1) is 8.65. The molecule has 0 unspecified atom stereocenters. The standard InChI is InChI=1S/C13H12ClNO3/c14-11-4-2-1-3-9(11)7-12-15-8-10(18-12)5-6-13(16)17/h1-4,8H,5-7H2,(H,16,17). The van der Waals surface area contributed by atoms with E-state index < -0.39 is 5.97 Å². The minimum absolute atomic E-state index is 0.0424. The van der Waals surface area contributed by atoms with Gasteiger partial charge in [-0.25, -0.2) is 4.98 Å². The summed E-state index contributed by atoms with van der Waals surface area (Å²) in [6.07, 6.45) is 2.47. The summed E-state index contributed by atoms with van der Waals surface area (Å²) in [6, 6.07) is 7.48. The Morgan fingerprint density at radius 1 is 1.39 bits per heavy atom. The van der Waals surface area contributed by atoms with Gasteiger partial charge in [0.25, 0.3) is 0 Å². The van der Waals surface area contributed by atoms with Gasteiger partial charge in [-0.2, -0.15) is 0 Å². The number of carbonyl (C=O) groups is 1. The molecular formula is C13H12ClNO3. The molecule has 0 bridgehead atoms. The lowest BCUT2D eigenvalue weighted by molar-refractivity contribution is -0.137. The zero-order valence-electron chi connectivity index (χ0n) is 9.60. The van der Waals surface area contributed by atoms with Crippen molar-refractivity contribution in [2.75, 3.05) is 0 Å². The third kappa shape index (κ3) is 3.34. The minimum atomic E-state index is -0.848. The summed E-state index contributed by atoms with van der Waals surface area (Å²) in [5.41, 5.74) is 0.936. The molecule has 0 fully saturated rings. The maximum Gasteiger partial charge on any atom is 0.303 e. The molecule has 0 radical (unpaired) electrons. The van der Waals surface area contributed by atoms with Crippen LogP contribution in [0.2, 0.25) is 5.02 Å². The van der Waals surface area contributed by atoms with Crippen molar-refractivity contribution in [2.45, 2.75) is 19.3 Å². The van der Waals surface area contributed by atoms with E-state index in [4.69, 9.17) is 21.1 Å². The number of oxazole rings is 1. The van der Waals surface area contributed by atoms with E-state index in [9.17, 15) is 4.79 Å². The van der Waals surface area contributed by atoms with Crippen LogP contribution in [0.5, 0.6) is 0 Å². The molecule has 1 aromatic carbocycles. The Morgan fingerprint density at radius 3 is 2.89 bits per heavy atom. The summed E-state index contributed by atoms with van der Waals surface area (Å²) in [7, 11) is 0. The van der Waals surface area contributed by atoms with E-state index in [2.05, 4.69) is 4.98 Å². The molecule has 5 heteroatoms. The number of carboxylic acid groups (broad SMARTS) is 1. The van der Waals surface area contributed by atoms with Gasteiger partial charge in [0, 0.05) is 11.4 Å². The molecular weight excluding hydrogens is 254 g/mol. The average molecular weight is 266 g/mol. The van der Waals surface area contributed by atoms with Gasteiger partial charge in [0.15, 0.2) is 5.89 Å². The van der Waals surface area contributed by atoms with E-state index in [1.807, 2.05) is 24.3 Å². The Bertz CT molecular complexity index is 551. The molecule has 1 N–H and O–H groups in total. The second kappa shape index (κ2) is 5.69. The van der Waals surface area contributed by atoms with Gasteiger partial charge in [-0.3, -0.25) is 4.79 Å². The fraction of sp³-hybridized carbons (Fsp3) is 0.231. The predicted molar refractivity (Wildman–Crippen MR) is 66.7 cm³/mol. The van der Waals surface area contributed by atoms with Crippen LogP contribution in [0.15, 0.2) is 34.9 Å². The maximum absolute atomic E-state index is 10.4. The minimum Gasteiger partial charge on any atom is -0.481 e. The lowest BCUT2D eigenvalue weighted by Crippen LogP contribution is -1.96. The highest BCUT2D eigenvalue weighted by Gasteiger charge is 2.08. The first-order valence-corrected chi connectivity index (χ1v) is 5.91. The van der Waals surface area contributed by atoms with Crippen molar-refractivity contribution < 1.29 is 14.3 Å². The summed E-state index contributed by atoms with van der Waals surface area (Å²) in [5, 5.41) is 9.24. The molecule has 4 nitrogen and oxygen atoms in total. The number of nitrogens with zero attached hydrogens (tertiary/aromatic N) is 1. The molecule has 0 saturated heterocycles. The van der Waals surface area contributed by atoms with E-state index >= 15 is 0 Å². The third-order valence-corrected chi connectivity index (χ3v) is 2.85. The van der Waals surface area contributed by atoms with Crippen molar-refractivity contribution >= 4 is 17.6 Å². The normalized spacial score (nSPS) is 10.5. The van der Waals surface area contributed by atoms with Crippen LogP contribution in [0.3, 0.4) is 0 Å². The average Bonchev–Trinajstić information content (AvgIpc) is 2.77. The highest BCUT2D eigenvalue weighted by Crippen LogP contribution is 2.19. The van der Waals surface area contributed by atoms with Crippen LogP contribution >= 0.6 is 11.6 Å². The van der Waals surface area contributed by atoms with Gasteiger partial charge in [-0.05, 0) is 11.6 Å². The van der Waals surface area contributed by atoms with Crippen LogP contribution < -0.4 is 0 Å². The van der Waals surface area contributed by atoms with Gasteiger partial charge in [-0.1, -0.05) is 29.8 Å². The molecule has 0 aliphatic heterocycles. The molecule has 0 amide bonds. The van der Waals surface area contributed by atoms with Crippen LogP contribution in [0.1, 0.15) is 23.6 Å². The summed E-state index contributed by atoms with van der Waals surface area (Å²) < 4.78 is 5.46. The van der Waals surface area contributed by atoms with E-state index in [1.54, 1.807) is 6.20 Å². The van der Waals surface area contributed by atoms with Crippen LogP contribution in [0, 0.1) is 0 Å². The molecule has 2 aromatic rings. The molecule has 1 aromatic heterocycles. The second-order valence-corrected chi connectivity index (χ2v) is 4.29. The molecule has 0 spiro atoms. The van der Waals surface area contributed by atoms with Gasteiger partial charge in [0.05, 0.1) is 19.0 Å². The lowest BCUT2D eigenvalue weighted by Gasteiger charge is -2.00. The van der Waals surface area contributed by atoms with Crippen LogP contribution in [0.25, 0.3) is 0 Å². The summed E-state index contributed by atoms with van der Waals surface area (Å²) in [5.74, 6) is 0.280. The number of aromatic nitrogens is 1. The number of aryl methyl sites for hydroxylation is 1. The summed E-state index contributed by atoms with van der Waals surface area (Å²) >= 11 is 6.04. The monoisotopic (exact) mass is 265 g/mol. The fourth-order valence-corrected chi connectivity index (χ4v) is 1.78. The molecule has 0 aliphatic carbocycles. The molecule has 0 aliphatic rings. The highest BCUT2D eigenvalue weighted by atomic mass is 35.5. The zero-order chi connectivity index (χ0) is 13.0. The molecule has 2 rings (SSSR count). The molecule has 0 atom stereocenters.